The third-order valence-corrected chi connectivity index (χ3v) is 2.46. The molecule has 0 unspecified atom stereocenters. The van der Waals surface area contributed by atoms with Gasteiger partial charge in [0.05, 0.1) is 5.56 Å². The molecule has 2 aromatic carbocycles. The van der Waals surface area contributed by atoms with Crippen LogP contribution >= 0.6 is 0 Å². The Bertz CT molecular complexity index is 576. The van der Waals surface area contributed by atoms with Gasteiger partial charge < -0.3 is 0 Å². The Kier molecular flexibility index (Phi) is 3.00. The molecule has 1 nitrogen and oxygen atoms in total. The highest BCUT2D eigenvalue weighted by molar-refractivity contribution is 6.09. The van der Waals surface area contributed by atoms with Gasteiger partial charge in [0.1, 0.15) is 11.6 Å². The first-order valence-electron chi connectivity index (χ1n) is 5.14. The Morgan fingerprint density at radius 1 is 1.06 bits per heavy atom. The molecule has 0 spiro atoms. The first kappa shape index (κ1) is 11.5. The van der Waals surface area contributed by atoms with E-state index in [1.165, 1.54) is 0 Å². The van der Waals surface area contributed by atoms with E-state index in [2.05, 4.69) is 0 Å². The zero-order chi connectivity index (χ0) is 12.4. The summed E-state index contributed by atoms with van der Waals surface area (Å²) in [5.41, 5.74) is 1.20. The van der Waals surface area contributed by atoms with Crippen LogP contribution in [0.5, 0.6) is 0 Å². The average Bonchev–Trinajstić information content (AvgIpc) is 2.28. The van der Waals surface area contributed by atoms with Gasteiger partial charge in [-0.2, -0.15) is 0 Å². The molecule has 0 atom stereocenters. The molecule has 0 aliphatic carbocycles. The van der Waals surface area contributed by atoms with Crippen molar-refractivity contribution in [3.63, 3.8) is 0 Å². The second-order valence-electron chi connectivity index (χ2n) is 3.82. The number of carbonyl (C=O) groups is 1. The molecule has 0 aromatic heterocycles. The molecule has 0 bridgehead atoms. The summed E-state index contributed by atoms with van der Waals surface area (Å²) in [4.78, 5) is 12.0. The maximum atomic E-state index is 13.4. The molecule has 0 aliphatic heterocycles. The fourth-order valence-corrected chi connectivity index (χ4v) is 1.62. The largest absolute Gasteiger partial charge is 0.288 e. The highest BCUT2D eigenvalue weighted by atomic mass is 19.1. The molecule has 0 amide bonds. The first-order valence-corrected chi connectivity index (χ1v) is 5.14. The quantitative estimate of drug-likeness (QED) is 0.724. The number of benzene rings is 2. The topological polar surface area (TPSA) is 17.1 Å². The van der Waals surface area contributed by atoms with E-state index in [1.807, 2.05) is 13.0 Å². The van der Waals surface area contributed by atoms with Crippen LogP contribution in [0, 0.1) is 18.6 Å². The van der Waals surface area contributed by atoms with Gasteiger partial charge in [-0.15, -0.1) is 0 Å². The van der Waals surface area contributed by atoms with E-state index in [0.717, 1.165) is 17.7 Å². The van der Waals surface area contributed by atoms with Crippen LogP contribution in [0.3, 0.4) is 0 Å². The number of ketones is 1. The third kappa shape index (κ3) is 2.38. The molecule has 2 rings (SSSR count). The van der Waals surface area contributed by atoms with Crippen LogP contribution in [-0.4, -0.2) is 5.78 Å². The normalized spacial score (nSPS) is 10.3. The van der Waals surface area contributed by atoms with Crippen molar-refractivity contribution < 1.29 is 13.6 Å². The minimum Gasteiger partial charge on any atom is -0.288 e. The molecular weight excluding hydrogens is 222 g/mol. The van der Waals surface area contributed by atoms with Gasteiger partial charge in [0.25, 0.3) is 0 Å². The van der Waals surface area contributed by atoms with Crippen molar-refractivity contribution in [2.24, 2.45) is 0 Å². The predicted molar refractivity (Wildman–Crippen MR) is 61.0 cm³/mol. The van der Waals surface area contributed by atoms with Crippen LogP contribution < -0.4 is 0 Å². The van der Waals surface area contributed by atoms with Crippen molar-refractivity contribution in [2.75, 3.05) is 0 Å². The average molecular weight is 232 g/mol. The Balaban J connectivity index is 2.44. The lowest BCUT2D eigenvalue weighted by molar-refractivity contribution is 0.103. The Labute approximate surface area is 97.7 Å². The third-order valence-electron chi connectivity index (χ3n) is 2.46. The van der Waals surface area contributed by atoms with Gasteiger partial charge in [-0.05, 0) is 25.1 Å². The Morgan fingerprint density at radius 3 is 2.47 bits per heavy atom. The summed E-state index contributed by atoms with van der Waals surface area (Å²) < 4.78 is 26.2. The van der Waals surface area contributed by atoms with E-state index < -0.39 is 17.4 Å². The van der Waals surface area contributed by atoms with Gasteiger partial charge in [0, 0.05) is 11.6 Å². The lowest BCUT2D eigenvalue weighted by Gasteiger charge is -2.03. The van der Waals surface area contributed by atoms with E-state index in [0.29, 0.717) is 11.6 Å². The first-order chi connectivity index (χ1) is 8.08. The lowest BCUT2D eigenvalue weighted by atomic mass is 10.0. The van der Waals surface area contributed by atoms with E-state index in [-0.39, 0.29) is 5.56 Å². The second kappa shape index (κ2) is 4.45. The summed E-state index contributed by atoms with van der Waals surface area (Å²) in [7, 11) is 0. The molecule has 0 saturated carbocycles. The smallest absolute Gasteiger partial charge is 0.195 e. The molecule has 2 aromatic rings. The van der Waals surface area contributed by atoms with Crippen LogP contribution in [0.2, 0.25) is 0 Å². The van der Waals surface area contributed by atoms with Crippen molar-refractivity contribution in [2.45, 2.75) is 6.92 Å². The molecule has 0 heterocycles. The Hall–Kier alpha value is -2.03. The fraction of sp³-hybridized carbons (Fsp3) is 0.0714. The predicted octanol–water partition coefficient (Wildman–Crippen LogP) is 3.50. The van der Waals surface area contributed by atoms with Gasteiger partial charge >= 0.3 is 0 Å². The van der Waals surface area contributed by atoms with E-state index in [9.17, 15) is 13.6 Å². The minimum absolute atomic E-state index is 0.114. The van der Waals surface area contributed by atoms with E-state index in [4.69, 9.17) is 0 Å². The Morgan fingerprint density at radius 2 is 1.82 bits per heavy atom. The standard InChI is InChI=1S/C14H10F2O/c1-9-3-2-4-10(7-9)14(17)12-6-5-11(15)8-13(12)16/h2-8H,1H3. The maximum absolute atomic E-state index is 13.4. The number of aryl methyl sites for hydroxylation is 1. The van der Waals surface area contributed by atoms with Crippen LogP contribution in [0.1, 0.15) is 21.5 Å². The van der Waals surface area contributed by atoms with Crippen LogP contribution in [0.15, 0.2) is 42.5 Å². The summed E-state index contributed by atoms with van der Waals surface area (Å²) in [6.07, 6.45) is 0. The van der Waals surface area contributed by atoms with Crippen molar-refractivity contribution in [3.05, 3.63) is 70.8 Å². The van der Waals surface area contributed by atoms with Gasteiger partial charge in [0.15, 0.2) is 5.78 Å². The zero-order valence-corrected chi connectivity index (χ0v) is 9.21. The molecule has 0 aliphatic rings. The van der Waals surface area contributed by atoms with Gasteiger partial charge in [-0.1, -0.05) is 23.8 Å². The van der Waals surface area contributed by atoms with Crippen molar-refractivity contribution in [1.29, 1.82) is 0 Å². The molecular formula is C14H10F2O. The van der Waals surface area contributed by atoms with E-state index in [1.54, 1.807) is 18.2 Å². The summed E-state index contributed by atoms with van der Waals surface area (Å²) >= 11 is 0. The monoisotopic (exact) mass is 232 g/mol. The lowest BCUT2D eigenvalue weighted by Crippen LogP contribution is -2.04. The van der Waals surface area contributed by atoms with Gasteiger partial charge in [0.2, 0.25) is 0 Å². The fourth-order valence-electron chi connectivity index (χ4n) is 1.62. The molecule has 3 heteroatoms. The summed E-state index contributed by atoms with van der Waals surface area (Å²) in [6, 6.07) is 9.80. The highest BCUT2D eigenvalue weighted by Gasteiger charge is 2.14. The number of rotatable bonds is 2. The molecule has 0 saturated heterocycles. The molecule has 17 heavy (non-hydrogen) atoms. The SMILES string of the molecule is Cc1cccc(C(=O)c2ccc(F)cc2F)c1. The zero-order valence-electron chi connectivity index (χ0n) is 9.21. The number of carbonyl (C=O) groups excluding carboxylic acids is 1. The summed E-state index contributed by atoms with van der Waals surface area (Å²) in [5.74, 6) is -1.97. The van der Waals surface area contributed by atoms with Crippen molar-refractivity contribution >= 4 is 5.78 Å². The number of halogens is 2. The number of hydrogen-bond acceptors (Lipinski definition) is 1. The highest BCUT2D eigenvalue weighted by Crippen LogP contribution is 2.15. The minimum atomic E-state index is -0.837. The molecule has 0 fully saturated rings. The van der Waals surface area contributed by atoms with E-state index >= 15 is 0 Å². The second-order valence-corrected chi connectivity index (χ2v) is 3.82. The van der Waals surface area contributed by atoms with Crippen LogP contribution in [0.25, 0.3) is 0 Å². The molecule has 0 radical (unpaired) electrons. The maximum Gasteiger partial charge on any atom is 0.195 e. The number of hydrogen-bond donors (Lipinski definition) is 0. The molecule has 86 valence electrons. The van der Waals surface area contributed by atoms with Crippen molar-refractivity contribution in [1.82, 2.24) is 0 Å². The van der Waals surface area contributed by atoms with Crippen molar-refractivity contribution in [3.8, 4) is 0 Å². The summed E-state index contributed by atoms with van der Waals surface area (Å²) in [6.45, 7) is 1.85. The van der Waals surface area contributed by atoms with Crippen LogP contribution in [-0.2, 0) is 0 Å². The molecule has 0 N–H and O–H groups in total. The van der Waals surface area contributed by atoms with Gasteiger partial charge in [-0.3, -0.25) is 4.79 Å². The summed E-state index contributed by atoms with van der Waals surface area (Å²) in [5, 5.41) is 0. The van der Waals surface area contributed by atoms with Crippen LogP contribution in [0.4, 0.5) is 8.78 Å². The van der Waals surface area contributed by atoms with Gasteiger partial charge in [-0.25, -0.2) is 8.78 Å².